The topological polar surface area (TPSA) is 38.8 Å². The molecule has 2 aliphatic heterocycles. The second-order valence-electron chi connectivity index (χ2n) is 6.02. The first-order chi connectivity index (χ1) is 8.51. The van der Waals surface area contributed by atoms with Gasteiger partial charge in [-0.2, -0.15) is 0 Å². The van der Waals surface area contributed by atoms with Crippen molar-refractivity contribution in [3.63, 3.8) is 0 Å². The number of fused-ring (bicyclic) bond motifs is 2. The maximum Gasteiger partial charge on any atom is 0.175 e. The molecule has 1 fully saturated rings. The van der Waals surface area contributed by atoms with Crippen molar-refractivity contribution < 1.29 is 14.3 Å². The molecule has 4 unspecified atom stereocenters. The second kappa shape index (κ2) is 3.95. The van der Waals surface area contributed by atoms with Crippen LogP contribution in [0.1, 0.15) is 40.0 Å². The fraction of sp³-hybridized carbons (Fsp3) is 0.667. The van der Waals surface area contributed by atoms with Crippen molar-refractivity contribution in [2.75, 3.05) is 0 Å². The first kappa shape index (κ1) is 12.0. The summed E-state index contributed by atoms with van der Waals surface area (Å²) in [6.45, 7) is 6.14. The number of carbonyl (C=O) groups excluding carboxylic acids is 1. The molecular weight excluding hydrogens is 228 g/mol. The summed E-state index contributed by atoms with van der Waals surface area (Å²) in [5, 5.41) is 0. The molecule has 0 amide bonds. The lowest BCUT2D eigenvalue weighted by Gasteiger charge is -2.20. The quantitative estimate of drug-likeness (QED) is 0.489. The van der Waals surface area contributed by atoms with Crippen molar-refractivity contribution >= 4 is 5.78 Å². The van der Waals surface area contributed by atoms with Crippen LogP contribution in [0.2, 0.25) is 0 Å². The largest absolute Gasteiger partial charge is 0.497 e. The summed E-state index contributed by atoms with van der Waals surface area (Å²) in [5.74, 6) is 0.0988. The number of ether oxygens (including phenoxy) is 2. The molecule has 0 radical (unpaired) electrons. The Hall–Kier alpha value is -1.09. The summed E-state index contributed by atoms with van der Waals surface area (Å²) in [6, 6.07) is 0. The fourth-order valence-electron chi connectivity index (χ4n) is 3.17. The average Bonchev–Trinajstić information content (AvgIpc) is 2.84. The third kappa shape index (κ3) is 1.81. The number of ketones is 1. The Morgan fingerprint density at radius 1 is 1.39 bits per heavy atom. The maximum atomic E-state index is 12.5. The maximum absolute atomic E-state index is 12.5. The van der Waals surface area contributed by atoms with Gasteiger partial charge >= 0.3 is 0 Å². The van der Waals surface area contributed by atoms with Crippen molar-refractivity contribution in [3.8, 4) is 0 Å². The summed E-state index contributed by atoms with van der Waals surface area (Å²) in [5.41, 5.74) is 2.11. The van der Waals surface area contributed by atoms with E-state index < -0.39 is 0 Å². The van der Waals surface area contributed by atoms with Crippen LogP contribution in [-0.4, -0.2) is 23.6 Å². The molecule has 1 aliphatic carbocycles. The Morgan fingerprint density at radius 2 is 2.17 bits per heavy atom. The zero-order valence-electron chi connectivity index (χ0n) is 11.2. The van der Waals surface area contributed by atoms with Gasteiger partial charge in [-0.25, -0.2) is 0 Å². The van der Waals surface area contributed by atoms with Crippen LogP contribution >= 0.6 is 0 Å². The lowest BCUT2D eigenvalue weighted by atomic mass is 9.83. The van der Waals surface area contributed by atoms with Crippen LogP contribution in [-0.2, 0) is 14.3 Å². The van der Waals surface area contributed by atoms with Crippen LogP contribution < -0.4 is 0 Å². The summed E-state index contributed by atoms with van der Waals surface area (Å²) in [6.07, 6.45) is 6.51. The molecule has 0 aromatic heterocycles. The van der Waals surface area contributed by atoms with E-state index >= 15 is 0 Å². The molecule has 98 valence electrons. The van der Waals surface area contributed by atoms with Crippen molar-refractivity contribution in [1.82, 2.24) is 0 Å². The van der Waals surface area contributed by atoms with Crippen LogP contribution in [0.3, 0.4) is 0 Å². The molecule has 4 atom stereocenters. The highest BCUT2D eigenvalue weighted by Crippen LogP contribution is 2.45. The van der Waals surface area contributed by atoms with E-state index in [4.69, 9.17) is 9.47 Å². The van der Waals surface area contributed by atoms with Gasteiger partial charge in [0.25, 0.3) is 0 Å². The summed E-state index contributed by atoms with van der Waals surface area (Å²) in [4.78, 5) is 12.5. The Labute approximate surface area is 108 Å². The van der Waals surface area contributed by atoms with Gasteiger partial charge in [-0.05, 0) is 39.2 Å². The van der Waals surface area contributed by atoms with Crippen molar-refractivity contribution in [3.05, 3.63) is 23.5 Å². The number of allylic oxidation sites excluding steroid dienone is 1. The van der Waals surface area contributed by atoms with E-state index in [1.807, 2.05) is 13.8 Å². The van der Waals surface area contributed by atoms with Gasteiger partial charge < -0.3 is 9.47 Å². The highest BCUT2D eigenvalue weighted by Gasteiger charge is 2.59. The Balaban J connectivity index is 1.91. The molecule has 1 saturated heterocycles. The standard InChI is InChI=1S/C15H20O3/c1-9-5-4-6-15(3)14(18-15)13(16)12-10(2)8-17-11(12)7-9/h5,8,11-12,14H,4,6-7H2,1-3H3. The normalized spacial score (nSPS) is 43.3. The predicted molar refractivity (Wildman–Crippen MR) is 68.0 cm³/mol. The minimum absolute atomic E-state index is 0.0275. The summed E-state index contributed by atoms with van der Waals surface area (Å²) < 4.78 is 11.3. The van der Waals surface area contributed by atoms with Gasteiger partial charge in [0.2, 0.25) is 0 Å². The first-order valence-electron chi connectivity index (χ1n) is 6.70. The molecule has 0 aromatic carbocycles. The van der Waals surface area contributed by atoms with Gasteiger partial charge in [-0.15, -0.1) is 0 Å². The molecule has 0 N–H and O–H groups in total. The molecule has 2 heterocycles. The van der Waals surface area contributed by atoms with Gasteiger partial charge in [-0.1, -0.05) is 11.6 Å². The smallest absolute Gasteiger partial charge is 0.175 e. The van der Waals surface area contributed by atoms with Gasteiger partial charge in [0, 0.05) is 6.42 Å². The van der Waals surface area contributed by atoms with E-state index in [0.29, 0.717) is 0 Å². The van der Waals surface area contributed by atoms with Gasteiger partial charge in [-0.3, -0.25) is 4.79 Å². The SMILES string of the molecule is CC1=CCCC2(C)OC2C(=O)C2C(C)=COC2C1. The molecule has 3 nitrogen and oxygen atoms in total. The number of hydrogen-bond acceptors (Lipinski definition) is 3. The van der Waals surface area contributed by atoms with Crippen LogP contribution in [0.4, 0.5) is 0 Å². The zero-order chi connectivity index (χ0) is 12.9. The van der Waals surface area contributed by atoms with E-state index in [2.05, 4.69) is 13.0 Å². The van der Waals surface area contributed by atoms with E-state index in [1.165, 1.54) is 5.57 Å². The average molecular weight is 248 g/mol. The molecule has 0 bridgehead atoms. The number of rotatable bonds is 0. The number of epoxide rings is 1. The third-order valence-electron chi connectivity index (χ3n) is 4.40. The summed E-state index contributed by atoms with van der Waals surface area (Å²) in [7, 11) is 0. The van der Waals surface area contributed by atoms with E-state index in [9.17, 15) is 4.79 Å². The molecule has 0 spiro atoms. The Morgan fingerprint density at radius 3 is 2.94 bits per heavy atom. The fourth-order valence-corrected chi connectivity index (χ4v) is 3.17. The minimum Gasteiger partial charge on any atom is -0.497 e. The van der Waals surface area contributed by atoms with Crippen LogP contribution in [0.5, 0.6) is 0 Å². The number of Topliss-reactive ketones (excluding diaryl/α,β-unsaturated/α-hetero) is 1. The first-order valence-corrected chi connectivity index (χ1v) is 6.70. The molecule has 18 heavy (non-hydrogen) atoms. The van der Waals surface area contributed by atoms with Gasteiger partial charge in [0.15, 0.2) is 5.78 Å². The highest BCUT2D eigenvalue weighted by molar-refractivity contribution is 5.92. The zero-order valence-corrected chi connectivity index (χ0v) is 11.2. The second-order valence-corrected chi connectivity index (χ2v) is 6.02. The van der Waals surface area contributed by atoms with E-state index in [-0.39, 0.29) is 29.5 Å². The monoisotopic (exact) mass is 248 g/mol. The summed E-state index contributed by atoms with van der Waals surface area (Å²) >= 11 is 0. The Kier molecular flexibility index (Phi) is 2.63. The third-order valence-corrected chi connectivity index (χ3v) is 4.40. The van der Waals surface area contributed by atoms with E-state index in [0.717, 1.165) is 24.8 Å². The van der Waals surface area contributed by atoms with Gasteiger partial charge in [0.1, 0.15) is 17.8 Å². The Bertz CT molecular complexity index is 449. The van der Waals surface area contributed by atoms with Crippen molar-refractivity contribution in [2.24, 2.45) is 5.92 Å². The molecule has 0 saturated carbocycles. The molecule has 0 aromatic rings. The van der Waals surface area contributed by atoms with Crippen molar-refractivity contribution in [2.45, 2.75) is 57.8 Å². The molecule has 3 rings (SSSR count). The molecule has 3 aliphatic rings. The van der Waals surface area contributed by atoms with E-state index in [1.54, 1.807) is 6.26 Å². The van der Waals surface area contributed by atoms with Crippen molar-refractivity contribution in [1.29, 1.82) is 0 Å². The van der Waals surface area contributed by atoms with Crippen LogP contribution in [0.15, 0.2) is 23.5 Å². The number of hydrogen-bond donors (Lipinski definition) is 0. The molecule has 3 heteroatoms. The minimum atomic E-state index is -0.237. The van der Waals surface area contributed by atoms with Crippen LogP contribution in [0.25, 0.3) is 0 Å². The lowest BCUT2D eigenvalue weighted by molar-refractivity contribution is -0.125. The highest BCUT2D eigenvalue weighted by atomic mass is 16.6. The lowest BCUT2D eigenvalue weighted by Crippen LogP contribution is -2.33. The molecular formula is C15H20O3. The predicted octanol–water partition coefficient (Wildman–Crippen LogP) is 2.76. The number of carbonyl (C=O) groups is 1. The van der Waals surface area contributed by atoms with Crippen LogP contribution in [0, 0.1) is 5.92 Å². The van der Waals surface area contributed by atoms with Gasteiger partial charge in [0.05, 0.1) is 12.2 Å².